The molecular weight excluding hydrogens is 330 g/mol. The van der Waals surface area contributed by atoms with Gasteiger partial charge in [-0.1, -0.05) is 18.2 Å². The van der Waals surface area contributed by atoms with E-state index in [1.54, 1.807) is 41.3 Å². The van der Waals surface area contributed by atoms with Crippen LogP contribution in [-0.4, -0.2) is 50.8 Å². The maximum atomic E-state index is 12.2. The highest BCUT2D eigenvalue weighted by Crippen LogP contribution is 2.09. The lowest BCUT2D eigenvalue weighted by molar-refractivity contribution is 0.207. The van der Waals surface area contributed by atoms with Gasteiger partial charge in [-0.3, -0.25) is 0 Å². The number of benzene rings is 1. The van der Waals surface area contributed by atoms with E-state index < -0.39 is 0 Å². The maximum Gasteiger partial charge on any atom is 0.317 e. The van der Waals surface area contributed by atoms with E-state index in [2.05, 4.69) is 25.7 Å². The SMILES string of the molecule is CN(Cc1cnn(-c2ccccc2)c1)C(=O)NCCNc1ncccn1. The van der Waals surface area contributed by atoms with Crippen molar-refractivity contribution in [3.8, 4) is 5.69 Å². The molecule has 2 heterocycles. The van der Waals surface area contributed by atoms with Crippen molar-refractivity contribution < 1.29 is 4.79 Å². The van der Waals surface area contributed by atoms with Crippen molar-refractivity contribution in [2.75, 3.05) is 25.5 Å². The second-order valence-electron chi connectivity index (χ2n) is 5.72. The molecule has 2 aromatic heterocycles. The maximum absolute atomic E-state index is 12.2. The van der Waals surface area contributed by atoms with Crippen LogP contribution in [0.15, 0.2) is 61.2 Å². The summed E-state index contributed by atoms with van der Waals surface area (Å²) in [6.07, 6.45) is 7.02. The Morgan fingerprint density at radius 2 is 1.88 bits per heavy atom. The van der Waals surface area contributed by atoms with Crippen molar-refractivity contribution in [3.05, 3.63) is 66.7 Å². The van der Waals surface area contributed by atoms with E-state index in [1.165, 1.54) is 0 Å². The zero-order chi connectivity index (χ0) is 18.2. The van der Waals surface area contributed by atoms with Gasteiger partial charge in [-0.15, -0.1) is 0 Å². The Hall–Kier alpha value is -3.42. The summed E-state index contributed by atoms with van der Waals surface area (Å²) in [6, 6.07) is 11.5. The van der Waals surface area contributed by atoms with Gasteiger partial charge in [0.15, 0.2) is 0 Å². The van der Waals surface area contributed by atoms with E-state index in [4.69, 9.17) is 0 Å². The Labute approximate surface area is 151 Å². The normalized spacial score (nSPS) is 10.3. The zero-order valence-electron chi connectivity index (χ0n) is 14.5. The second kappa shape index (κ2) is 8.61. The third-order valence-electron chi connectivity index (χ3n) is 3.67. The lowest BCUT2D eigenvalue weighted by Crippen LogP contribution is -2.39. The third kappa shape index (κ3) is 4.79. The van der Waals surface area contributed by atoms with Crippen molar-refractivity contribution in [1.82, 2.24) is 30.0 Å². The predicted molar refractivity (Wildman–Crippen MR) is 99.0 cm³/mol. The quantitative estimate of drug-likeness (QED) is 0.635. The fourth-order valence-electron chi connectivity index (χ4n) is 2.38. The number of hydrogen-bond donors (Lipinski definition) is 2. The molecule has 0 spiro atoms. The number of rotatable bonds is 7. The molecular formula is C18H21N7O. The zero-order valence-corrected chi connectivity index (χ0v) is 14.5. The van der Waals surface area contributed by atoms with Crippen molar-refractivity contribution in [3.63, 3.8) is 0 Å². The van der Waals surface area contributed by atoms with E-state index in [-0.39, 0.29) is 6.03 Å². The average molecular weight is 351 g/mol. The van der Waals surface area contributed by atoms with Gasteiger partial charge in [-0.2, -0.15) is 5.10 Å². The predicted octanol–water partition coefficient (Wildman–Crippen LogP) is 1.92. The lowest BCUT2D eigenvalue weighted by Gasteiger charge is -2.17. The topological polar surface area (TPSA) is 88.0 Å². The molecule has 26 heavy (non-hydrogen) atoms. The van der Waals surface area contributed by atoms with Gasteiger partial charge in [0, 0.05) is 44.3 Å². The molecule has 0 aliphatic carbocycles. The molecule has 3 rings (SSSR count). The minimum atomic E-state index is -0.145. The van der Waals surface area contributed by atoms with Gasteiger partial charge >= 0.3 is 6.03 Å². The summed E-state index contributed by atoms with van der Waals surface area (Å²) in [4.78, 5) is 21.9. The largest absolute Gasteiger partial charge is 0.352 e. The Kier molecular flexibility index (Phi) is 5.76. The Bertz CT molecular complexity index is 820. The molecule has 0 aliphatic rings. The van der Waals surface area contributed by atoms with Crippen LogP contribution in [0, 0.1) is 0 Å². The number of nitrogens with one attached hydrogen (secondary N) is 2. The highest BCUT2D eigenvalue weighted by Gasteiger charge is 2.10. The van der Waals surface area contributed by atoms with Crippen LogP contribution in [0.3, 0.4) is 0 Å². The van der Waals surface area contributed by atoms with E-state index in [9.17, 15) is 4.79 Å². The number of carbonyl (C=O) groups excluding carboxylic acids is 1. The van der Waals surface area contributed by atoms with E-state index in [0.717, 1.165) is 11.3 Å². The minimum absolute atomic E-state index is 0.145. The first-order valence-corrected chi connectivity index (χ1v) is 8.31. The molecule has 134 valence electrons. The molecule has 2 N–H and O–H groups in total. The Balaban J connectivity index is 1.43. The van der Waals surface area contributed by atoms with Crippen LogP contribution < -0.4 is 10.6 Å². The first-order chi connectivity index (χ1) is 12.7. The summed E-state index contributed by atoms with van der Waals surface area (Å²) in [5.74, 6) is 0.545. The number of hydrogen-bond acceptors (Lipinski definition) is 5. The van der Waals surface area contributed by atoms with Gasteiger partial charge in [0.05, 0.1) is 18.4 Å². The molecule has 0 atom stereocenters. The second-order valence-corrected chi connectivity index (χ2v) is 5.72. The summed E-state index contributed by atoms with van der Waals surface area (Å²) in [7, 11) is 1.75. The number of aromatic nitrogens is 4. The number of anilines is 1. The molecule has 0 saturated heterocycles. The van der Waals surface area contributed by atoms with E-state index in [0.29, 0.717) is 25.6 Å². The van der Waals surface area contributed by atoms with Crippen LogP contribution in [0.2, 0.25) is 0 Å². The first kappa shape index (κ1) is 17.4. The Morgan fingerprint density at radius 1 is 1.12 bits per heavy atom. The molecule has 8 nitrogen and oxygen atoms in total. The van der Waals surface area contributed by atoms with Crippen LogP contribution >= 0.6 is 0 Å². The summed E-state index contributed by atoms with van der Waals surface area (Å²) in [5.41, 5.74) is 1.95. The molecule has 8 heteroatoms. The van der Waals surface area contributed by atoms with Crippen molar-refractivity contribution in [2.45, 2.75) is 6.54 Å². The summed E-state index contributed by atoms with van der Waals surface area (Å²) >= 11 is 0. The van der Waals surface area contributed by atoms with Crippen LogP contribution in [0.1, 0.15) is 5.56 Å². The van der Waals surface area contributed by atoms with E-state index >= 15 is 0 Å². The first-order valence-electron chi connectivity index (χ1n) is 8.31. The van der Waals surface area contributed by atoms with Crippen LogP contribution in [0.5, 0.6) is 0 Å². The fraction of sp³-hybridized carbons (Fsp3) is 0.222. The third-order valence-corrected chi connectivity index (χ3v) is 3.67. The van der Waals surface area contributed by atoms with Gasteiger partial charge in [0.2, 0.25) is 5.95 Å². The Morgan fingerprint density at radius 3 is 2.65 bits per heavy atom. The highest BCUT2D eigenvalue weighted by molar-refractivity contribution is 5.73. The summed E-state index contributed by atoms with van der Waals surface area (Å²) in [6.45, 7) is 1.51. The van der Waals surface area contributed by atoms with Gasteiger partial charge < -0.3 is 15.5 Å². The van der Waals surface area contributed by atoms with Crippen LogP contribution in [0.25, 0.3) is 5.69 Å². The molecule has 0 saturated carbocycles. The number of urea groups is 1. The summed E-state index contributed by atoms with van der Waals surface area (Å²) in [5, 5.41) is 10.2. The molecule has 1 aromatic carbocycles. The smallest absolute Gasteiger partial charge is 0.317 e. The fourth-order valence-corrected chi connectivity index (χ4v) is 2.38. The molecule has 2 amide bonds. The molecule has 3 aromatic rings. The van der Waals surface area contributed by atoms with Gasteiger partial charge in [-0.25, -0.2) is 19.4 Å². The molecule has 0 unspecified atom stereocenters. The van der Waals surface area contributed by atoms with Crippen LogP contribution in [0.4, 0.5) is 10.7 Å². The number of amides is 2. The van der Waals surface area contributed by atoms with Crippen LogP contribution in [-0.2, 0) is 6.54 Å². The number of carbonyl (C=O) groups is 1. The lowest BCUT2D eigenvalue weighted by atomic mass is 10.3. The standard InChI is InChI=1S/C18H21N7O/c1-24(18(26)22-11-10-21-17-19-8-5-9-20-17)13-15-12-23-25(14-15)16-6-3-2-4-7-16/h2-9,12,14H,10-11,13H2,1H3,(H,22,26)(H,19,20,21). The molecule has 0 aliphatic heterocycles. The number of para-hydroxylation sites is 1. The highest BCUT2D eigenvalue weighted by atomic mass is 16.2. The van der Waals surface area contributed by atoms with Crippen molar-refractivity contribution in [2.24, 2.45) is 0 Å². The average Bonchev–Trinajstić information content (AvgIpc) is 3.15. The molecule has 0 fully saturated rings. The van der Waals surface area contributed by atoms with Gasteiger partial charge in [-0.05, 0) is 18.2 Å². The van der Waals surface area contributed by atoms with Gasteiger partial charge in [0.25, 0.3) is 0 Å². The minimum Gasteiger partial charge on any atom is -0.352 e. The molecule has 0 bridgehead atoms. The van der Waals surface area contributed by atoms with Crippen molar-refractivity contribution in [1.29, 1.82) is 0 Å². The number of nitrogens with zero attached hydrogens (tertiary/aromatic N) is 5. The van der Waals surface area contributed by atoms with Gasteiger partial charge in [0.1, 0.15) is 0 Å². The monoisotopic (exact) mass is 351 g/mol. The summed E-state index contributed by atoms with van der Waals surface area (Å²) < 4.78 is 1.80. The van der Waals surface area contributed by atoms with Crippen molar-refractivity contribution >= 4 is 12.0 Å². The van der Waals surface area contributed by atoms with E-state index in [1.807, 2.05) is 36.5 Å². The molecule has 0 radical (unpaired) electrons.